The quantitative estimate of drug-likeness (QED) is 0.794. The summed E-state index contributed by atoms with van der Waals surface area (Å²) in [5, 5.41) is 9.30. The van der Waals surface area contributed by atoms with E-state index in [1.54, 1.807) is 0 Å². The Kier molecular flexibility index (Phi) is 3.86. The number of nitrogens with zero attached hydrogens (tertiary/aromatic N) is 3. The molecule has 2 saturated heterocycles. The number of pyridine rings is 1. The number of ether oxygens (including phenoxy) is 1. The maximum absolute atomic E-state index is 9.30. The van der Waals surface area contributed by atoms with Crippen LogP contribution in [0.2, 0.25) is 0 Å². The second kappa shape index (κ2) is 5.63. The first-order valence-electron chi connectivity index (χ1n) is 7.07. The maximum Gasteiger partial charge on any atom is 0.146 e. The number of nitriles is 1. The summed E-state index contributed by atoms with van der Waals surface area (Å²) in [6.07, 6.45) is 2.20. The third-order valence-corrected chi connectivity index (χ3v) is 5.62. The zero-order valence-electron chi connectivity index (χ0n) is 11.8. The molecule has 0 aliphatic carbocycles. The van der Waals surface area contributed by atoms with Crippen molar-refractivity contribution in [1.29, 1.82) is 5.26 Å². The fraction of sp³-hybridized carbons (Fsp3) is 0.600. The second-order valence-electron chi connectivity index (χ2n) is 5.50. The van der Waals surface area contributed by atoms with Gasteiger partial charge >= 0.3 is 0 Å². The van der Waals surface area contributed by atoms with E-state index in [1.165, 1.54) is 0 Å². The molecule has 4 nitrogen and oxygen atoms in total. The van der Waals surface area contributed by atoms with E-state index in [9.17, 15) is 5.26 Å². The fourth-order valence-electron chi connectivity index (χ4n) is 2.94. The normalized spacial score (nSPS) is 21.7. The van der Waals surface area contributed by atoms with Gasteiger partial charge in [0.25, 0.3) is 0 Å². The van der Waals surface area contributed by atoms with E-state index in [4.69, 9.17) is 4.74 Å². The lowest BCUT2D eigenvalue weighted by Crippen LogP contribution is -2.50. The van der Waals surface area contributed by atoms with E-state index in [-0.39, 0.29) is 4.75 Å². The molecule has 106 valence electrons. The molecule has 3 rings (SSSR count). The molecule has 0 aromatic carbocycles. The van der Waals surface area contributed by atoms with Gasteiger partial charge in [-0.3, -0.25) is 0 Å². The van der Waals surface area contributed by atoms with Gasteiger partial charge in [0.05, 0.1) is 5.56 Å². The van der Waals surface area contributed by atoms with Crippen molar-refractivity contribution < 1.29 is 4.74 Å². The van der Waals surface area contributed by atoms with Gasteiger partial charge in [0.15, 0.2) is 0 Å². The number of aromatic nitrogens is 1. The van der Waals surface area contributed by atoms with Crippen LogP contribution in [-0.2, 0) is 4.74 Å². The van der Waals surface area contributed by atoms with Gasteiger partial charge in [-0.25, -0.2) is 4.98 Å². The minimum atomic E-state index is 0.286. The SMILES string of the molecule is Cc1ccc(C#N)c(N2CCSC3(CCOCC3)C2)n1. The zero-order valence-corrected chi connectivity index (χ0v) is 12.6. The largest absolute Gasteiger partial charge is 0.381 e. The van der Waals surface area contributed by atoms with E-state index in [0.717, 1.165) is 56.4 Å². The topological polar surface area (TPSA) is 49.2 Å². The molecular weight excluding hydrogens is 270 g/mol. The summed E-state index contributed by atoms with van der Waals surface area (Å²) in [6, 6.07) is 6.07. The van der Waals surface area contributed by atoms with Crippen LogP contribution in [0.25, 0.3) is 0 Å². The Balaban J connectivity index is 1.87. The molecule has 0 N–H and O–H groups in total. The van der Waals surface area contributed by atoms with E-state index in [2.05, 4.69) is 27.7 Å². The Hall–Kier alpha value is -1.25. The fourth-order valence-corrected chi connectivity index (χ4v) is 4.39. The van der Waals surface area contributed by atoms with Crippen molar-refractivity contribution in [3.63, 3.8) is 0 Å². The van der Waals surface area contributed by atoms with Crippen molar-refractivity contribution in [2.24, 2.45) is 0 Å². The second-order valence-corrected chi connectivity index (χ2v) is 7.06. The van der Waals surface area contributed by atoms with Gasteiger partial charge in [0, 0.05) is 42.5 Å². The molecule has 2 aliphatic rings. The third kappa shape index (κ3) is 2.63. The van der Waals surface area contributed by atoms with Crippen LogP contribution in [0.4, 0.5) is 5.82 Å². The molecule has 1 aromatic rings. The highest BCUT2D eigenvalue weighted by molar-refractivity contribution is 8.00. The summed E-state index contributed by atoms with van der Waals surface area (Å²) >= 11 is 2.07. The van der Waals surface area contributed by atoms with Gasteiger partial charge in [0.2, 0.25) is 0 Å². The minimum Gasteiger partial charge on any atom is -0.381 e. The molecule has 2 aliphatic heterocycles. The first-order valence-corrected chi connectivity index (χ1v) is 8.05. The maximum atomic E-state index is 9.30. The molecule has 0 atom stereocenters. The number of aryl methyl sites for hydroxylation is 1. The predicted molar refractivity (Wildman–Crippen MR) is 81.1 cm³/mol. The van der Waals surface area contributed by atoms with Crippen LogP contribution in [-0.4, -0.2) is 41.8 Å². The van der Waals surface area contributed by atoms with Gasteiger partial charge in [-0.05, 0) is 31.9 Å². The van der Waals surface area contributed by atoms with Crippen molar-refractivity contribution in [3.05, 3.63) is 23.4 Å². The molecule has 3 heterocycles. The molecule has 0 saturated carbocycles. The molecule has 2 fully saturated rings. The van der Waals surface area contributed by atoms with Crippen LogP contribution in [0, 0.1) is 18.3 Å². The summed E-state index contributed by atoms with van der Waals surface area (Å²) < 4.78 is 5.79. The van der Waals surface area contributed by atoms with Crippen LogP contribution in [0.1, 0.15) is 24.1 Å². The first-order chi connectivity index (χ1) is 9.72. The highest BCUT2D eigenvalue weighted by Gasteiger charge is 2.38. The third-order valence-electron chi connectivity index (χ3n) is 4.09. The first kappa shape index (κ1) is 13.7. The average Bonchev–Trinajstić information content (AvgIpc) is 2.48. The van der Waals surface area contributed by atoms with E-state index in [0.29, 0.717) is 5.56 Å². The standard InChI is InChI=1S/C15H19N3OS/c1-12-2-3-13(10-16)14(17-12)18-6-9-20-15(11-18)4-7-19-8-5-15/h2-3H,4-9,11H2,1H3. The molecule has 1 aromatic heterocycles. The number of rotatable bonds is 1. The Morgan fingerprint density at radius 2 is 2.20 bits per heavy atom. The van der Waals surface area contributed by atoms with Crippen LogP contribution in [0.5, 0.6) is 0 Å². The summed E-state index contributed by atoms with van der Waals surface area (Å²) in [5.41, 5.74) is 1.66. The molecule has 0 radical (unpaired) electrons. The lowest BCUT2D eigenvalue weighted by molar-refractivity contribution is 0.0781. The van der Waals surface area contributed by atoms with E-state index >= 15 is 0 Å². The zero-order chi connectivity index (χ0) is 14.0. The van der Waals surface area contributed by atoms with E-state index < -0.39 is 0 Å². The van der Waals surface area contributed by atoms with Crippen molar-refractivity contribution in [1.82, 2.24) is 4.98 Å². The van der Waals surface area contributed by atoms with Crippen molar-refractivity contribution in [2.45, 2.75) is 24.5 Å². The van der Waals surface area contributed by atoms with Crippen LogP contribution in [0.15, 0.2) is 12.1 Å². The van der Waals surface area contributed by atoms with Crippen molar-refractivity contribution in [2.75, 3.05) is 37.0 Å². The van der Waals surface area contributed by atoms with Gasteiger partial charge in [-0.15, -0.1) is 0 Å². The number of hydrogen-bond acceptors (Lipinski definition) is 5. The lowest BCUT2D eigenvalue weighted by atomic mass is 9.97. The monoisotopic (exact) mass is 289 g/mol. The van der Waals surface area contributed by atoms with Gasteiger partial charge in [0.1, 0.15) is 11.9 Å². The molecule has 5 heteroatoms. The van der Waals surface area contributed by atoms with Crippen LogP contribution < -0.4 is 4.90 Å². The summed E-state index contributed by atoms with van der Waals surface area (Å²) in [4.78, 5) is 6.91. The number of hydrogen-bond donors (Lipinski definition) is 0. The molecule has 0 bridgehead atoms. The van der Waals surface area contributed by atoms with Crippen LogP contribution in [0.3, 0.4) is 0 Å². The minimum absolute atomic E-state index is 0.286. The highest BCUT2D eigenvalue weighted by atomic mass is 32.2. The number of thioether (sulfide) groups is 1. The Labute approximate surface area is 124 Å². The van der Waals surface area contributed by atoms with Gasteiger partial charge in [-0.1, -0.05) is 0 Å². The molecular formula is C15H19N3OS. The lowest BCUT2D eigenvalue weighted by Gasteiger charge is -2.45. The highest BCUT2D eigenvalue weighted by Crippen LogP contribution is 2.40. The van der Waals surface area contributed by atoms with E-state index in [1.807, 2.05) is 19.1 Å². The number of anilines is 1. The smallest absolute Gasteiger partial charge is 0.146 e. The summed E-state index contributed by atoms with van der Waals surface area (Å²) in [6.45, 7) is 5.64. The molecule has 0 amide bonds. The Morgan fingerprint density at radius 1 is 1.40 bits per heavy atom. The van der Waals surface area contributed by atoms with Crippen molar-refractivity contribution in [3.8, 4) is 6.07 Å². The summed E-state index contributed by atoms with van der Waals surface area (Å²) in [7, 11) is 0. The van der Waals surface area contributed by atoms with Crippen molar-refractivity contribution >= 4 is 17.6 Å². The molecule has 1 spiro atoms. The van der Waals surface area contributed by atoms with Gasteiger partial charge in [-0.2, -0.15) is 17.0 Å². The predicted octanol–water partition coefficient (Wildman–Crippen LogP) is 2.36. The average molecular weight is 289 g/mol. The molecule has 20 heavy (non-hydrogen) atoms. The molecule has 0 unspecified atom stereocenters. The Bertz CT molecular complexity index is 529. The van der Waals surface area contributed by atoms with Crippen LogP contribution >= 0.6 is 11.8 Å². The Morgan fingerprint density at radius 3 is 2.95 bits per heavy atom. The van der Waals surface area contributed by atoms with Gasteiger partial charge < -0.3 is 9.64 Å². The summed E-state index contributed by atoms with van der Waals surface area (Å²) in [5.74, 6) is 1.96.